The number of benzene rings is 3. The van der Waals surface area contributed by atoms with Crippen LogP contribution in [0.1, 0.15) is 23.6 Å². The Labute approximate surface area is 209 Å². The fourth-order valence-corrected chi connectivity index (χ4v) is 4.78. The van der Waals surface area contributed by atoms with Crippen LogP contribution in [0.2, 0.25) is 0 Å². The Kier molecular flexibility index (Phi) is 6.95. The molecule has 0 aliphatic carbocycles. The number of hydrogen-bond donors (Lipinski definition) is 0. The number of anilines is 1. The molecule has 1 unspecified atom stereocenters. The van der Waals surface area contributed by atoms with E-state index in [4.69, 9.17) is 9.84 Å². The molecule has 0 bridgehead atoms. The zero-order valence-corrected chi connectivity index (χ0v) is 20.1. The van der Waals surface area contributed by atoms with Crippen LogP contribution in [0.25, 0.3) is 0 Å². The van der Waals surface area contributed by atoms with Crippen molar-refractivity contribution in [2.75, 3.05) is 44.7 Å². The molecular formula is C28H28F2N4O2. The number of methoxy groups -OCH3 is 1. The summed E-state index contributed by atoms with van der Waals surface area (Å²) in [5, 5.41) is 6.25. The van der Waals surface area contributed by atoms with Gasteiger partial charge in [0.25, 0.3) is 5.91 Å². The second kappa shape index (κ2) is 10.5. The normalized spacial score (nSPS) is 18.3. The lowest BCUT2D eigenvalue weighted by atomic mass is 9.98. The van der Waals surface area contributed by atoms with Gasteiger partial charge in [-0.1, -0.05) is 36.4 Å². The molecule has 0 saturated carbocycles. The minimum Gasteiger partial charge on any atom is -0.497 e. The fraction of sp³-hybridized carbons (Fsp3) is 0.286. The summed E-state index contributed by atoms with van der Waals surface area (Å²) >= 11 is 0. The lowest BCUT2D eigenvalue weighted by Crippen LogP contribution is -2.49. The van der Waals surface area contributed by atoms with Gasteiger partial charge in [-0.05, 0) is 42.0 Å². The van der Waals surface area contributed by atoms with E-state index in [1.165, 1.54) is 23.2 Å². The Morgan fingerprint density at radius 2 is 1.72 bits per heavy atom. The van der Waals surface area contributed by atoms with Crippen molar-refractivity contribution < 1.29 is 18.3 Å². The summed E-state index contributed by atoms with van der Waals surface area (Å²) in [6, 6.07) is 20.3. The van der Waals surface area contributed by atoms with Crippen molar-refractivity contribution in [3.63, 3.8) is 0 Å². The van der Waals surface area contributed by atoms with Gasteiger partial charge in [-0.3, -0.25) is 9.69 Å². The molecule has 0 aromatic heterocycles. The third-order valence-corrected chi connectivity index (χ3v) is 6.75. The van der Waals surface area contributed by atoms with Crippen molar-refractivity contribution in [3.05, 3.63) is 95.6 Å². The molecule has 3 aromatic carbocycles. The highest BCUT2D eigenvalue weighted by Crippen LogP contribution is 2.34. The maximum Gasteiger partial charge on any atom is 0.257 e. The van der Waals surface area contributed by atoms with Crippen LogP contribution in [0.3, 0.4) is 0 Å². The molecule has 0 radical (unpaired) electrons. The zero-order chi connectivity index (χ0) is 25.1. The van der Waals surface area contributed by atoms with Crippen LogP contribution in [0.15, 0.2) is 77.9 Å². The molecule has 0 N–H and O–H groups in total. The quantitative estimate of drug-likeness (QED) is 0.512. The molecule has 186 valence electrons. The van der Waals surface area contributed by atoms with E-state index in [9.17, 15) is 13.6 Å². The molecule has 1 amide bonds. The minimum atomic E-state index is -0.323. The molecule has 5 rings (SSSR count). The molecule has 2 aliphatic heterocycles. The summed E-state index contributed by atoms with van der Waals surface area (Å²) in [5.41, 5.74) is 3.08. The lowest BCUT2D eigenvalue weighted by Gasteiger charge is -2.36. The second-order valence-electron chi connectivity index (χ2n) is 9.00. The third kappa shape index (κ3) is 5.09. The average Bonchev–Trinajstić information content (AvgIpc) is 3.36. The van der Waals surface area contributed by atoms with Crippen LogP contribution >= 0.6 is 0 Å². The lowest BCUT2D eigenvalue weighted by molar-refractivity contribution is -0.134. The summed E-state index contributed by atoms with van der Waals surface area (Å²) in [4.78, 5) is 17.6. The number of carbonyl (C=O) groups is 1. The largest absolute Gasteiger partial charge is 0.497 e. The number of rotatable bonds is 6. The number of hydrazone groups is 1. The van der Waals surface area contributed by atoms with Crippen molar-refractivity contribution in [2.24, 2.45) is 5.10 Å². The van der Waals surface area contributed by atoms with Crippen LogP contribution in [-0.4, -0.2) is 61.4 Å². The predicted molar refractivity (Wildman–Crippen MR) is 135 cm³/mol. The third-order valence-electron chi connectivity index (χ3n) is 6.75. The van der Waals surface area contributed by atoms with Gasteiger partial charge < -0.3 is 9.64 Å². The van der Waals surface area contributed by atoms with Crippen LogP contribution < -0.4 is 9.64 Å². The zero-order valence-electron chi connectivity index (χ0n) is 20.1. The number of amides is 1. The van der Waals surface area contributed by atoms with Gasteiger partial charge in [-0.2, -0.15) is 5.10 Å². The van der Waals surface area contributed by atoms with Gasteiger partial charge in [0.05, 0.1) is 31.1 Å². The number of carbonyl (C=O) groups excluding carboxylic acids is 1. The van der Waals surface area contributed by atoms with Crippen molar-refractivity contribution in [2.45, 2.75) is 12.5 Å². The molecule has 0 spiro atoms. The molecule has 2 heterocycles. The van der Waals surface area contributed by atoms with Gasteiger partial charge in [0, 0.05) is 38.2 Å². The first-order valence-corrected chi connectivity index (χ1v) is 12.0. The molecule has 1 atom stereocenters. The summed E-state index contributed by atoms with van der Waals surface area (Å²) in [7, 11) is 1.61. The fourth-order valence-electron chi connectivity index (χ4n) is 4.78. The van der Waals surface area contributed by atoms with Gasteiger partial charge in [0.15, 0.2) is 0 Å². The highest BCUT2D eigenvalue weighted by atomic mass is 19.1. The Morgan fingerprint density at radius 1 is 0.972 bits per heavy atom. The Bertz CT molecular complexity index is 1260. The van der Waals surface area contributed by atoms with Crippen LogP contribution in [0.5, 0.6) is 5.75 Å². The van der Waals surface area contributed by atoms with Crippen molar-refractivity contribution >= 4 is 17.3 Å². The molecule has 8 heteroatoms. The standard InChI is InChI=1S/C28H28F2N4O2/c1-36-23-6-4-5-21(17-23)25-18-27(20-9-11-22(29)12-10-20)34(31-25)28(35)19-32-13-15-33(16-14-32)26-8-3-2-7-24(26)30/h2-12,17,27H,13-16,18-19H2,1H3. The molecule has 6 nitrogen and oxygen atoms in total. The van der Waals surface area contributed by atoms with Gasteiger partial charge in [-0.15, -0.1) is 0 Å². The van der Waals surface area contributed by atoms with Gasteiger partial charge in [0.1, 0.15) is 17.4 Å². The van der Waals surface area contributed by atoms with E-state index in [1.807, 2.05) is 35.2 Å². The van der Waals surface area contributed by atoms with E-state index in [-0.39, 0.29) is 30.1 Å². The van der Waals surface area contributed by atoms with Crippen molar-refractivity contribution in [1.29, 1.82) is 0 Å². The van der Waals surface area contributed by atoms with Crippen LogP contribution in [0.4, 0.5) is 14.5 Å². The average molecular weight is 491 g/mol. The number of hydrogen-bond acceptors (Lipinski definition) is 5. The summed E-state index contributed by atoms with van der Waals surface area (Å²) < 4.78 is 33.1. The Hall–Kier alpha value is -3.78. The molecule has 36 heavy (non-hydrogen) atoms. The Balaban J connectivity index is 1.32. The van der Waals surface area contributed by atoms with E-state index in [0.717, 1.165) is 16.8 Å². The predicted octanol–water partition coefficient (Wildman–Crippen LogP) is 4.47. The van der Waals surface area contributed by atoms with E-state index in [1.54, 1.807) is 31.4 Å². The molecule has 2 aliphatic rings. The highest BCUT2D eigenvalue weighted by molar-refractivity contribution is 6.03. The molecular weight excluding hydrogens is 462 g/mol. The topological polar surface area (TPSA) is 48.4 Å². The first-order valence-electron chi connectivity index (χ1n) is 12.0. The summed E-state index contributed by atoms with van der Waals surface area (Å²) in [6.07, 6.45) is 0.519. The first kappa shape index (κ1) is 23.9. The maximum absolute atomic E-state index is 14.2. The van der Waals surface area contributed by atoms with Crippen molar-refractivity contribution in [3.8, 4) is 5.75 Å². The Morgan fingerprint density at radius 3 is 2.44 bits per heavy atom. The van der Waals surface area contributed by atoms with Gasteiger partial charge >= 0.3 is 0 Å². The summed E-state index contributed by atoms with van der Waals surface area (Å²) in [6.45, 7) is 2.75. The number of piperazine rings is 1. The molecule has 1 fully saturated rings. The number of ether oxygens (including phenoxy) is 1. The minimum absolute atomic E-state index is 0.124. The number of nitrogens with zero attached hydrogens (tertiary/aromatic N) is 4. The van der Waals surface area contributed by atoms with Gasteiger partial charge in [-0.25, -0.2) is 13.8 Å². The summed E-state index contributed by atoms with van der Waals surface area (Å²) in [5.74, 6) is 0.0320. The molecule has 3 aromatic rings. The van der Waals surface area contributed by atoms with Gasteiger partial charge in [0.2, 0.25) is 0 Å². The number of halogens is 2. The van der Waals surface area contributed by atoms with E-state index in [2.05, 4.69) is 4.90 Å². The molecule has 1 saturated heterocycles. The van der Waals surface area contributed by atoms with E-state index in [0.29, 0.717) is 44.0 Å². The smallest absolute Gasteiger partial charge is 0.257 e. The second-order valence-corrected chi connectivity index (χ2v) is 9.00. The van der Waals surface area contributed by atoms with E-state index < -0.39 is 0 Å². The first-order chi connectivity index (χ1) is 17.5. The highest BCUT2D eigenvalue weighted by Gasteiger charge is 2.34. The number of para-hydroxylation sites is 1. The monoisotopic (exact) mass is 490 g/mol. The maximum atomic E-state index is 14.2. The van der Waals surface area contributed by atoms with E-state index >= 15 is 0 Å². The van der Waals surface area contributed by atoms with Crippen molar-refractivity contribution in [1.82, 2.24) is 9.91 Å². The van der Waals surface area contributed by atoms with Crippen LogP contribution in [-0.2, 0) is 4.79 Å². The van der Waals surface area contributed by atoms with Crippen LogP contribution in [0, 0.1) is 11.6 Å². The SMILES string of the molecule is COc1cccc(C2=NN(C(=O)CN3CCN(c4ccccc4F)CC3)C(c3ccc(F)cc3)C2)c1.